The van der Waals surface area contributed by atoms with Gasteiger partial charge in [-0.25, -0.2) is 0 Å². The minimum Gasteiger partial charge on any atom is -0.370 e. The average Bonchev–Trinajstić information content (AvgIpc) is 3.81. The van der Waals surface area contributed by atoms with E-state index in [4.69, 9.17) is 33.8 Å². The zero-order valence-corrected chi connectivity index (χ0v) is 45.7. The first-order valence-electron chi connectivity index (χ1n) is 25.5. The smallest absolute Gasteiger partial charge is 0.244 e. The lowest BCUT2D eigenvalue weighted by atomic mass is 9.99. The number of amides is 10. The molecular formula is C51H69N17O10S2. The summed E-state index contributed by atoms with van der Waals surface area (Å²) >= 11 is 0. The quantitative estimate of drug-likeness (QED) is 0.0209. The highest BCUT2D eigenvalue weighted by Gasteiger charge is 2.35. The van der Waals surface area contributed by atoms with E-state index in [0.717, 1.165) is 37.9 Å². The van der Waals surface area contributed by atoms with Crippen molar-refractivity contribution in [1.29, 1.82) is 10.8 Å². The molecule has 0 saturated carbocycles. The average molecular weight is 1140 g/mol. The molecule has 29 heteroatoms. The Bertz CT molecular complexity index is 2940. The first kappa shape index (κ1) is 62.2. The second-order valence-electron chi connectivity index (χ2n) is 18.9. The van der Waals surface area contributed by atoms with Gasteiger partial charge in [-0.2, -0.15) is 0 Å². The van der Waals surface area contributed by atoms with Crippen molar-refractivity contribution in [2.45, 2.75) is 107 Å². The fraction of sp³-hybridized carbons (Fsp3) is 0.412. The molecular weight excluding hydrogens is 1070 g/mol. The molecule has 0 spiro atoms. The van der Waals surface area contributed by atoms with Crippen LogP contribution in [-0.2, 0) is 60.8 Å². The van der Waals surface area contributed by atoms with Gasteiger partial charge in [0.05, 0.1) is 6.42 Å². The fourth-order valence-electron chi connectivity index (χ4n) is 8.44. The van der Waals surface area contributed by atoms with Crippen LogP contribution in [0, 0.1) is 10.8 Å². The molecule has 80 heavy (non-hydrogen) atoms. The van der Waals surface area contributed by atoms with Gasteiger partial charge < -0.3 is 81.1 Å². The summed E-state index contributed by atoms with van der Waals surface area (Å²) in [5, 5.41) is 43.4. The van der Waals surface area contributed by atoms with Crippen LogP contribution in [0.15, 0.2) is 72.9 Å². The van der Waals surface area contributed by atoms with E-state index in [1.54, 1.807) is 42.6 Å². The van der Waals surface area contributed by atoms with Crippen molar-refractivity contribution in [1.82, 2.24) is 58.2 Å². The lowest BCUT2D eigenvalue weighted by Gasteiger charge is -2.27. The summed E-state index contributed by atoms with van der Waals surface area (Å²) in [7, 11) is 1.94. The normalized spacial score (nSPS) is 21.4. The van der Waals surface area contributed by atoms with E-state index in [-0.39, 0.29) is 75.0 Å². The number of hydrogen-bond acceptors (Lipinski definition) is 14. The highest BCUT2D eigenvalue weighted by Crippen LogP contribution is 2.24. The molecule has 4 aromatic rings. The van der Waals surface area contributed by atoms with E-state index in [2.05, 4.69) is 58.2 Å². The van der Waals surface area contributed by atoms with Gasteiger partial charge in [-0.15, -0.1) is 0 Å². The molecule has 1 aliphatic rings. The van der Waals surface area contributed by atoms with Crippen LogP contribution in [-0.4, -0.2) is 149 Å². The molecule has 1 fully saturated rings. The molecule has 1 saturated heterocycles. The largest absolute Gasteiger partial charge is 0.370 e. The minimum absolute atomic E-state index is 0.0375. The van der Waals surface area contributed by atoms with Gasteiger partial charge in [-0.1, -0.05) is 82.3 Å². The molecule has 0 radical (unpaired) electrons. The van der Waals surface area contributed by atoms with Gasteiger partial charge in [-0.3, -0.25) is 58.8 Å². The summed E-state index contributed by atoms with van der Waals surface area (Å²) in [6.45, 7) is 2.70. The summed E-state index contributed by atoms with van der Waals surface area (Å²) < 4.78 is 0. The van der Waals surface area contributed by atoms with E-state index in [1.165, 1.54) is 13.8 Å². The van der Waals surface area contributed by atoms with E-state index >= 15 is 0 Å². The number of rotatable bonds is 18. The van der Waals surface area contributed by atoms with Crippen molar-refractivity contribution < 1.29 is 47.9 Å². The van der Waals surface area contributed by atoms with Gasteiger partial charge in [0, 0.05) is 61.5 Å². The number of benzene rings is 3. The Morgan fingerprint density at radius 2 is 1.25 bits per heavy atom. The standard InChI is InChI=1S/C51H69N17O10S2/c1-26-43(72)64-38(22-41(52)70)48(77)65-36(20-28-15-16-29-9-3-4-10-30(29)19-28)46(75)63-35(14-8-18-59-51(56)57)45(74)66-37(21-31-23-60-33-12-6-5-11-32(31)33)47(76)67-39(42(53)71)24-79-80-25-40(49(78)61-26)68-44(73)34(62-27(2)69)13-7-17-58-50(54)55/h3-6,9-12,15-16,19,23,26,34-40,60H,7-8,13-14,17-18,20-22,24-25H2,1-2H3,(H2,52,70)(H2,53,71)(H,61,78)(H,62,69)(H,63,75)(H,64,72)(H,65,77)(H,66,74)(H,67,76)(H,68,73)(H4,54,55,58)(H4,56,57,59)/t26-,34+,35+,36-,37+,38+,39+,40+/m1/s1. The summed E-state index contributed by atoms with van der Waals surface area (Å²) in [5.41, 5.74) is 24.2. The maximum absolute atomic E-state index is 14.7. The SMILES string of the molecule is CC(=O)N[C@@H](CCCNC(=N)N)C(=O)N[C@H]1CSSC[C@@H](C(N)=O)NC(=O)[C@H](Cc2c[nH]c3ccccc23)NC(=O)[C@H](CCCNC(=N)N)NC(=O)[C@@H](Cc2ccc3ccccc3c2)NC(=O)[C@H](CC(N)=O)NC(=O)[C@@H](C)NC1=O. The van der Waals surface area contributed by atoms with Crippen LogP contribution >= 0.6 is 21.6 Å². The van der Waals surface area contributed by atoms with Gasteiger partial charge in [0.2, 0.25) is 59.1 Å². The molecule has 21 N–H and O–H groups in total. The molecule has 5 rings (SSSR count). The first-order valence-corrected chi connectivity index (χ1v) is 28.0. The number of carbonyl (C=O) groups is 10. The van der Waals surface area contributed by atoms with Crippen molar-refractivity contribution >= 4 is 114 Å². The summed E-state index contributed by atoms with van der Waals surface area (Å²) in [5.74, 6) is -10.1. The monoisotopic (exact) mass is 1140 g/mol. The molecule has 2 heterocycles. The zero-order chi connectivity index (χ0) is 58.5. The molecule has 430 valence electrons. The number of nitrogens with two attached hydrogens (primary N) is 4. The van der Waals surface area contributed by atoms with E-state index in [9.17, 15) is 47.9 Å². The number of primary amides is 2. The van der Waals surface area contributed by atoms with Crippen molar-refractivity contribution in [3.05, 3.63) is 84.1 Å². The third-order valence-corrected chi connectivity index (χ3v) is 15.0. The Balaban J connectivity index is 1.56. The summed E-state index contributed by atoms with van der Waals surface area (Å²) in [6, 6.07) is 8.30. The number of para-hydroxylation sites is 1. The molecule has 1 aromatic heterocycles. The van der Waals surface area contributed by atoms with Crippen molar-refractivity contribution in [3.63, 3.8) is 0 Å². The summed E-state index contributed by atoms with van der Waals surface area (Å²) in [6.07, 6.45) is 0.856. The number of nitrogens with one attached hydrogen (secondary N) is 13. The molecule has 0 bridgehead atoms. The van der Waals surface area contributed by atoms with Crippen LogP contribution in [0.2, 0.25) is 0 Å². The van der Waals surface area contributed by atoms with Gasteiger partial charge in [0.1, 0.15) is 48.3 Å². The Hall–Kier alpha value is -8.60. The van der Waals surface area contributed by atoms with E-state index in [1.807, 2.05) is 30.3 Å². The molecule has 27 nitrogen and oxygen atoms in total. The number of carbonyl (C=O) groups excluding carboxylic acids is 10. The van der Waals surface area contributed by atoms with Crippen LogP contribution in [0.5, 0.6) is 0 Å². The minimum atomic E-state index is -1.73. The first-order chi connectivity index (χ1) is 38.1. The molecule has 0 aliphatic carbocycles. The number of H-pyrrole nitrogens is 1. The number of guanidine groups is 2. The highest BCUT2D eigenvalue weighted by molar-refractivity contribution is 8.76. The number of aromatic nitrogens is 1. The second kappa shape index (κ2) is 30.5. The van der Waals surface area contributed by atoms with Crippen LogP contribution in [0.3, 0.4) is 0 Å². The molecule has 3 aromatic carbocycles. The van der Waals surface area contributed by atoms with Gasteiger partial charge >= 0.3 is 0 Å². The van der Waals surface area contributed by atoms with Crippen LogP contribution in [0.4, 0.5) is 0 Å². The van der Waals surface area contributed by atoms with Crippen LogP contribution < -0.4 is 76.1 Å². The van der Waals surface area contributed by atoms with Gasteiger partial charge in [-0.05, 0) is 60.6 Å². The fourth-order valence-corrected chi connectivity index (χ4v) is 10.8. The predicted molar refractivity (Wildman–Crippen MR) is 303 cm³/mol. The Kier molecular flexibility index (Phi) is 23.7. The van der Waals surface area contributed by atoms with Crippen molar-refractivity contribution in [3.8, 4) is 0 Å². The predicted octanol–water partition coefficient (Wildman–Crippen LogP) is -2.69. The third kappa shape index (κ3) is 19.7. The number of hydrogen-bond donors (Lipinski definition) is 17. The maximum Gasteiger partial charge on any atom is 0.244 e. The van der Waals surface area contributed by atoms with Crippen LogP contribution in [0.25, 0.3) is 21.7 Å². The van der Waals surface area contributed by atoms with Crippen molar-refractivity contribution in [2.24, 2.45) is 22.9 Å². The Morgan fingerprint density at radius 3 is 1.93 bits per heavy atom. The highest BCUT2D eigenvalue weighted by atomic mass is 33.1. The Morgan fingerprint density at radius 1 is 0.662 bits per heavy atom. The summed E-state index contributed by atoms with van der Waals surface area (Å²) in [4.78, 5) is 141. The maximum atomic E-state index is 14.7. The second-order valence-corrected chi connectivity index (χ2v) is 21.5. The molecule has 10 amide bonds. The van der Waals surface area contributed by atoms with Crippen molar-refractivity contribution in [2.75, 3.05) is 24.6 Å². The molecule has 1 aliphatic heterocycles. The zero-order valence-electron chi connectivity index (χ0n) is 44.0. The number of fused-ring (bicyclic) bond motifs is 2. The van der Waals surface area contributed by atoms with Crippen LogP contribution in [0.1, 0.15) is 57.1 Å². The van der Waals surface area contributed by atoms with E-state index < -0.39 is 114 Å². The van der Waals surface area contributed by atoms with E-state index in [0.29, 0.717) is 16.5 Å². The molecule has 8 atom stereocenters. The third-order valence-electron chi connectivity index (χ3n) is 12.6. The molecule has 0 unspecified atom stereocenters. The number of aromatic amines is 1. The lowest BCUT2D eigenvalue weighted by Crippen LogP contribution is -2.61. The topological polar surface area (TPSA) is 459 Å². The van der Waals surface area contributed by atoms with Gasteiger partial charge in [0.25, 0.3) is 0 Å². The lowest BCUT2D eigenvalue weighted by molar-refractivity contribution is -0.136. The Labute approximate surface area is 468 Å². The van der Waals surface area contributed by atoms with Gasteiger partial charge in [0.15, 0.2) is 11.9 Å².